The summed E-state index contributed by atoms with van der Waals surface area (Å²) in [4.78, 5) is 13.1. The smallest absolute Gasteiger partial charge is 0.307 e. The van der Waals surface area contributed by atoms with Gasteiger partial charge in [-0.3, -0.25) is 9.69 Å². The molecular formula is C14H19NO4. The lowest BCUT2D eigenvalue weighted by atomic mass is 10.1. The Morgan fingerprint density at radius 2 is 2.21 bits per heavy atom. The van der Waals surface area contributed by atoms with E-state index >= 15 is 0 Å². The molecule has 1 saturated heterocycles. The van der Waals surface area contributed by atoms with E-state index in [1.54, 1.807) is 14.2 Å². The van der Waals surface area contributed by atoms with Crippen molar-refractivity contribution in [1.29, 1.82) is 0 Å². The number of methoxy groups -OCH3 is 2. The van der Waals surface area contributed by atoms with Crippen molar-refractivity contribution in [1.82, 2.24) is 4.90 Å². The third kappa shape index (κ3) is 3.17. The maximum absolute atomic E-state index is 11.0. The Morgan fingerprint density at radius 3 is 2.79 bits per heavy atom. The highest BCUT2D eigenvalue weighted by atomic mass is 16.5. The van der Waals surface area contributed by atoms with Gasteiger partial charge in [0.15, 0.2) is 0 Å². The quantitative estimate of drug-likeness (QED) is 0.876. The van der Waals surface area contributed by atoms with E-state index in [4.69, 9.17) is 14.6 Å². The molecule has 1 N–H and O–H groups in total. The highest BCUT2D eigenvalue weighted by Crippen LogP contribution is 2.27. The second-order valence-corrected chi connectivity index (χ2v) is 4.74. The largest absolute Gasteiger partial charge is 0.497 e. The van der Waals surface area contributed by atoms with Crippen molar-refractivity contribution in [3.63, 3.8) is 0 Å². The molecule has 2 rings (SSSR count). The third-order valence-electron chi connectivity index (χ3n) is 3.50. The number of hydrogen-bond donors (Lipinski definition) is 1. The SMILES string of the molecule is COc1ccc(OC)c(CN2CCC(C(=O)O)C2)c1. The third-order valence-corrected chi connectivity index (χ3v) is 3.50. The lowest BCUT2D eigenvalue weighted by Gasteiger charge is -2.18. The fraction of sp³-hybridized carbons (Fsp3) is 0.500. The molecule has 1 aliphatic heterocycles. The number of hydrogen-bond acceptors (Lipinski definition) is 4. The first kappa shape index (κ1) is 13.7. The maximum atomic E-state index is 11.0. The van der Waals surface area contributed by atoms with Crippen molar-refractivity contribution in [2.45, 2.75) is 13.0 Å². The van der Waals surface area contributed by atoms with E-state index in [2.05, 4.69) is 4.90 Å². The Balaban J connectivity index is 2.08. The van der Waals surface area contributed by atoms with Crippen LogP contribution < -0.4 is 9.47 Å². The lowest BCUT2D eigenvalue weighted by Crippen LogP contribution is -2.23. The number of ether oxygens (including phenoxy) is 2. The second-order valence-electron chi connectivity index (χ2n) is 4.74. The summed E-state index contributed by atoms with van der Waals surface area (Å²) >= 11 is 0. The summed E-state index contributed by atoms with van der Waals surface area (Å²) in [6, 6.07) is 5.66. The molecule has 0 saturated carbocycles. The van der Waals surface area contributed by atoms with Crippen LogP contribution in [0.3, 0.4) is 0 Å². The van der Waals surface area contributed by atoms with Gasteiger partial charge in [-0.2, -0.15) is 0 Å². The minimum Gasteiger partial charge on any atom is -0.497 e. The summed E-state index contributed by atoms with van der Waals surface area (Å²) in [7, 11) is 3.26. The lowest BCUT2D eigenvalue weighted by molar-refractivity contribution is -0.141. The molecule has 1 aromatic carbocycles. The Hall–Kier alpha value is -1.75. The van der Waals surface area contributed by atoms with Crippen LogP contribution in [0.25, 0.3) is 0 Å². The molecule has 0 aliphatic carbocycles. The Labute approximate surface area is 112 Å². The topological polar surface area (TPSA) is 59.0 Å². The van der Waals surface area contributed by atoms with Crippen LogP contribution in [0.15, 0.2) is 18.2 Å². The van der Waals surface area contributed by atoms with Gasteiger partial charge in [0.1, 0.15) is 11.5 Å². The number of rotatable bonds is 5. The summed E-state index contributed by atoms with van der Waals surface area (Å²) in [6.45, 7) is 2.08. The predicted molar refractivity (Wildman–Crippen MR) is 70.6 cm³/mol. The van der Waals surface area contributed by atoms with Crippen molar-refractivity contribution in [3.05, 3.63) is 23.8 Å². The van der Waals surface area contributed by atoms with Crippen molar-refractivity contribution < 1.29 is 19.4 Å². The molecule has 1 heterocycles. The van der Waals surface area contributed by atoms with Crippen LogP contribution >= 0.6 is 0 Å². The zero-order chi connectivity index (χ0) is 13.8. The van der Waals surface area contributed by atoms with Gasteiger partial charge in [-0.15, -0.1) is 0 Å². The van der Waals surface area contributed by atoms with Gasteiger partial charge in [0.25, 0.3) is 0 Å². The minimum atomic E-state index is -0.708. The molecule has 0 radical (unpaired) electrons. The van der Waals surface area contributed by atoms with Crippen molar-refractivity contribution in [3.8, 4) is 11.5 Å². The number of aliphatic carboxylic acids is 1. The van der Waals surface area contributed by atoms with Gasteiger partial charge in [-0.25, -0.2) is 0 Å². The summed E-state index contributed by atoms with van der Waals surface area (Å²) in [6.07, 6.45) is 0.710. The van der Waals surface area contributed by atoms with E-state index < -0.39 is 5.97 Å². The molecule has 0 spiro atoms. The number of benzene rings is 1. The highest BCUT2D eigenvalue weighted by molar-refractivity contribution is 5.70. The molecule has 19 heavy (non-hydrogen) atoms. The molecule has 0 aromatic heterocycles. The van der Waals surface area contributed by atoms with Crippen molar-refractivity contribution in [2.24, 2.45) is 5.92 Å². The van der Waals surface area contributed by atoms with Crippen molar-refractivity contribution in [2.75, 3.05) is 27.3 Å². The predicted octanol–water partition coefficient (Wildman–Crippen LogP) is 1.61. The Kier molecular flexibility index (Phi) is 4.27. The molecule has 5 nitrogen and oxygen atoms in total. The molecule has 104 valence electrons. The average molecular weight is 265 g/mol. The molecule has 5 heteroatoms. The molecule has 1 atom stereocenters. The molecule has 1 aliphatic rings. The van der Waals surface area contributed by atoms with Crippen LogP contribution in [0.4, 0.5) is 0 Å². The van der Waals surface area contributed by atoms with Gasteiger partial charge in [0.05, 0.1) is 20.1 Å². The number of nitrogens with zero attached hydrogens (tertiary/aromatic N) is 1. The summed E-state index contributed by atoms with van der Waals surface area (Å²) in [5.74, 6) is 0.626. The fourth-order valence-corrected chi connectivity index (χ4v) is 2.42. The first-order chi connectivity index (χ1) is 9.13. The number of carboxylic acids is 1. The van der Waals surface area contributed by atoms with E-state index in [9.17, 15) is 4.79 Å². The van der Waals surface area contributed by atoms with Crippen LogP contribution in [0.2, 0.25) is 0 Å². The van der Waals surface area contributed by atoms with Crippen LogP contribution in [0.5, 0.6) is 11.5 Å². The van der Waals surface area contributed by atoms with E-state index in [0.717, 1.165) is 23.6 Å². The van der Waals surface area contributed by atoms with Crippen LogP contribution in [-0.2, 0) is 11.3 Å². The number of carbonyl (C=O) groups is 1. The first-order valence-corrected chi connectivity index (χ1v) is 6.30. The fourth-order valence-electron chi connectivity index (χ4n) is 2.42. The monoisotopic (exact) mass is 265 g/mol. The van der Waals surface area contributed by atoms with E-state index in [1.165, 1.54) is 0 Å². The van der Waals surface area contributed by atoms with Gasteiger partial charge in [-0.05, 0) is 31.2 Å². The van der Waals surface area contributed by atoms with Gasteiger partial charge in [-0.1, -0.05) is 0 Å². The summed E-state index contributed by atoms with van der Waals surface area (Å²) in [5, 5.41) is 9.01. The maximum Gasteiger partial charge on any atom is 0.307 e. The highest BCUT2D eigenvalue weighted by Gasteiger charge is 2.28. The molecular weight excluding hydrogens is 246 g/mol. The average Bonchev–Trinajstić information content (AvgIpc) is 2.87. The minimum absolute atomic E-state index is 0.253. The molecule has 1 aromatic rings. The van der Waals surface area contributed by atoms with Gasteiger partial charge >= 0.3 is 5.97 Å². The normalized spacial score (nSPS) is 19.4. The second kappa shape index (κ2) is 5.93. The van der Waals surface area contributed by atoms with Gasteiger partial charge in [0, 0.05) is 18.7 Å². The molecule has 1 unspecified atom stereocenters. The number of likely N-dealkylation sites (tertiary alicyclic amines) is 1. The molecule has 1 fully saturated rings. The number of carboxylic acid groups (broad SMARTS) is 1. The van der Waals surface area contributed by atoms with Gasteiger partial charge < -0.3 is 14.6 Å². The van der Waals surface area contributed by atoms with E-state index in [1.807, 2.05) is 18.2 Å². The van der Waals surface area contributed by atoms with E-state index in [-0.39, 0.29) is 5.92 Å². The molecule has 0 amide bonds. The Bertz CT molecular complexity index is 461. The zero-order valence-electron chi connectivity index (χ0n) is 11.3. The van der Waals surface area contributed by atoms with Crippen molar-refractivity contribution >= 4 is 5.97 Å². The summed E-state index contributed by atoms with van der Waals surface area (Å²) in [5.41, 5.74) is 1.02. The zero-order valence-corrected chi connectivity index (χ0v) is 11.3. The van der Waals surface area contributed by atoms with Crippen LogP contribution in [0, 0.1) is 5.92 Å². The summed E-state index contributed by atoms with van der Waals surface area (Å²) < 4.78 is 10.5. The van der Waals surface area contributed by atoms with E-state index in [0.29, 0.717) is 19.5 Å². The Morgan fingerprint density at radius 1 is 1.42 bits per heavy atom. The van der Waals surface area contributed by atoms with Gasteiger partial charge in [0.2, 0.25) is 0 Å². The van der Waals surface area contributed by atoms with Crippen LogP contribution in [-0.4, -0.2) is 43.3 Å². The first-order valence-electron chi connectivity index (χ1n) is 6.30. The van der Waals surface area contributed by atoms with Crippen LogP contribution in [0.1, 0.15) is 12.0 Å². The standard InChI is InChI=1S/C14H19NO4/c1-18-12-3-4-13(19-2)11(7-12)9-15-6-5-10(8-15)14(16)17/h3-4,7,10H,5-6,8-9H2,1-2H3,(H,16,17). The molecule has 0 bridgehead atoms.